The van der Waals surface area contributed by atoms with E-state index in [1.807, 2.05) is 6.92 Å². The number of nitrogens with one attached hydrogen (secondary N) is 2. The summed E-state index contributed by atoms with van der Waals surface area (Å²) in [6, 6.07) is 11.7. The van der Waals surface area contributed by atoms with Crippen molar-refractivity contribution in [3.8, 4) is 11.5 Å². The normalized spacial score (nSPS) is 15.7. The molecule has 172 valence electrons. The van der Waals surface area contributed by atoms with E-state index >= 15 is 0 Å². The predicted molar refractivity (Wildman–Crippen MR) is 118 cm³/mol. The van der Waals surface area contributed by atoms with E-state index in [4.69, 9.17) is 4.74 Å². The molecule has 1 aliphatic heterocycles. The first-order chi connectivity index (χ1) is 15.3. The fraction of sp³-hybridized carbons (Fsp3) is 0.364. The van der Waals surface area contributed by atoms with Gasteiger partial charge in [-0.1, -0.05) is 35.6 Å². The Morgan fingerprint density at radius 1 is 1.22 bits per heavy atom. The van der Waals surface area contributed by atoms with E-state index in [0.717, 1.165) is 10.5 Å². The second-order valence-corrected chi connectivity index (χ2v) is 9.48. The van der Waals surface area contributed by atoms with Crippen LogP contribution >= 0.6 is 0 Å². The number of sulfonamides is 1. The Morgan fingerprint density at radius 3 is 2.56 bits per heavy atom. The first-order valence-corrected chi connectivity index (χ1v) is 11.9. The molecule has 0 unspecified atom stereocenters. The number of carbonyl (C=O) groups excluding carboxylic acids is 1. The highest BCUT2D eigenvalue weighted by molar-refractivity contribution is 7.89. The molecule has 1 saturated heterocycles. The summed E-state index contributed by atoms with van der Waals surface area (Å²) in [6.45, 7) is 5.96. The van der Waals surface area contributed by atoms with Gasteiger partial charge in [0.2, 0.25) is 10.0 Å². The summed E-state index contributed by atoms with van der Waals surface area (Å²) in [5, 5.41) is 16.1. The number of benzene rings is 2. The lowest BCUT2D eigenvalue weighted by atomic mass is 10.2. The van der Waals surface area contributed by atoms with Gasteiger partial charge in [-0.3, -0.25) is 4.79 Å². The predicted octanol–water partition coefficient (Wildman–Crippen LogP) is -0.493. The summed E-state index contributed by atoms with van der Waals surface area (Å²) >= 11 is 0. The van der Waals surface area contributed by atoms with Gasteiger partial charge in [0.1, 0.15) is 5.75 Å². The lowest BCUT2D eigenvalue weighted by molar-refractivity contribution is -0.895. The minimum Gasteiger partial charge on any atom is -0.870 e. The number of aryl methyl sites for hydroxylation is 1. The topological polar surface area (TPSA) is 116 Å². The van der Waals surface area contributed by atoms with Crippen molar-refractivity contribution in [2.45, 2.75) is 18.7 Å². The van der Waals surface area contributed by atoms with Gasteiger partial charge in [0.05, 0.1) is 43.9 Å². The van der Waals surface area contributed by atoms with Gasteiger partial charge in [-0.15, -0.1) is 0 Å². The van der Waals surface area contributed by atoms with Crippen LogP contribution in [0.3, 0.4) is 0 Å². The van der Waals surface area contributed by atoms with Crippen molar-refractivity contribution >= 4 is 22.1 Å². The highest BCUT2D eigenvalue weighted by Gasteiger charge is 2.31. The number of quaternary nitrogens is 1. The van der Waals surface area contributed by atoms with Crippen molar-refractivity contribution in [2.24, 2.45) is 5.10 Å². The fourth-order valence-corrected chi connectivity index (χ4v) is 4.86. The summed E-state index contributed by atoms with van der Waals surface area (Å²) in [5.41, 5.74) is 3.75. The molecule has 0 aromatic heterocycles. The average Bonchev–Trinajstić information content (AvgIpc) is 2.77. The van der Waals surface area contributed by atoms with Crippen LogP contribution in [0, 0.1) is 6.92 Å². The molecule has 1 fully saturated rings. The Labute approximate surface area is 188 Å². The van der Waals surface area contributed by atoms with E-state index in [-0.39, 0.29) is 28.8 Å². The number of hydrazone groups is 1. The van der Waals surface area contributed by atoms with Gasteiger partial charge in [0, 0.05) is 0 Å². The van der Waals surface area contributed by atoms with Crippen molar-refractivity contribution < 1.29 is 28.0 Å². The molecular formula is C22H28N4O5S. The first kappa shape index (κ1) is 23.7. The number of piperazine rings is 1. The quantitative estimate of drug-likeness (QED) is 0.407. The van der Waals surface area contributed by atoms with Crippen molar-refractivity contribution in [2.75, 3.05) is 39.3 Å². The maximum Gasteiger partial charge on any atom is 0.295 e. The highest BCUT2D eigenvalue weighted by Crippen LogP contribution is 2.25. The van der Waals surface area contributed by atoms with Gasteiger partial charge in [0.15, 0.2) is 6.54 Å². The molecule has 2 N–H and O–H groups in total. The molecule has 9 nitrogen and oxygen atoms in total. The summed E-state index contributed by atoms with van der Waals surface area (Å²) in [5.74, 6) is -0.353. The molecule has 0 radical (unpaired) electrons. The molecule has 1 heterocycles. The zero-order valence-electron chi connectivity index (χ0n) is 18.2. The van der Waals surface area contributed by atoms with Crippen LogP contribution in [0.15, 0.2) is 52.5 Å². The van der Waals surface area contributed by atoms with E-state index in [1.54, 1.807) is 49.4 Å². The Bertz CT molecular complexity index is 1060. The molecule has 2 aromatic rings. The number of amides is 1. The number of ether oxygens (including phenoxy) is 1. The van der Waals surface area contributed by atoms with E-state index in [1.165, 1.54) is 10.5 Å². The minimum atomic E-state index is -3.53. The van der Waals surface area contributed by atoms with Gasteiger partial charge in [-0.05, 0) is 37.6 Å². The summed E-state index contributed by atoms with van der Waals surface area (Å²) in [7, 11) is -3.53. The van der Waals surface area contributed by atoms with Crippen LogP contribution in [0.25, 0.3) is 0 Å². The number of rotatable bonds is 8. The molecule has 32 heavy (non-hydrogen) atoms. The number of nitrogens with zero attached hydrogens (tertiary/aromatic N) is 2. The van der Waals surface area contributed by atoms with Crippen LogP contribution in [0.1, 0.15) is 18.1 Å². The third kappa shape index (κ3) is 5.84. The standard InChI is InChI=1S/C22H28N4O5S/c1-3-31-20-6-4-5-18(22(20)28)15-23-24-21(27)16-25-11-13-26(14-12-25)32(29,30)19-9-7-17(2)8-10-19/h4-10,15,28H,3,11-14,16H2,1-2H3,(H,24,27)/b23-15+. The third-order valence-corrected chi connectivity index (χ3v) is 7.11. The Morgan fingerprint density at radius 2 is 1.91 bits per heavy atom. The lowest BCUT2D eigenvalue weighted by Gasteiger charge is -2.31. The molecule has 0 saturated carbocycles. The highest BCUT2D eigenvalue weighted by atomic mass is 32.2. The number of hydrogen-bond acceptors (Lipinski definition) is 6. The van der Waals surface area contributed by atoms with E-state index in [9.17, 15) is 18.3 Å². The fourth-order valence-electron chi connectivity index (χ4n) is 3.42. The van der Waals surface area contributed by atoms with Crippen molar-refractivity contribution in [1.29, 1.82) is 0 Å². The largest absolute Gasteiger partial charge is 0.870 e. The lowest BCUT2D eigenvalue weighted by Crippen LogP contribution is -3.15. The Balaban J connectivity index is 1.49. The number of para-hydroxylation sites is 1. The Kier molecular flexibility index (Phi) is 7.84. The SMILES string of the molecule is CCOc1cccc(/C=N/NC(=O)C[NH+]2CCN(S(=O)(=O)c3ccc(C)cc3)CC2)c1[O-]. The molecule has 3 rings (SSSR count). The molecular weight excluding hydrogens is 432 g/mol. The van der Waals surface area contributed by atoms with Gasteiger partial charge >= 0.3 is 0 Å². The molecule has 2 aromatic carbocycles. The van der Waals surface area contributed by atoms with Crippen LogP contribution in [0.4, 0.5) is 0 Å². The van der Waals surface area contributed by atoms with Crippen LogP contribution < -0.4 is 20.2 Å². The molecule has 1 amide bonds. The third-order valence-electron chi connectivity index (χ3n) is 5.20. The average molecular weight is 461 g/mol. The summed E-state index contributed by atoms with van der Waals surface area (Å²) in [6.07, 6.45) is 1.30. The first-order valence-electron chi connectivity index (χ1n) is 10.5. The molecule has 0 bridgehead atoms. The minimum absolute atomic E-state index is 0.166. The van der Waals surface area contributed by atoms with Gasteiger partial charge in [-0.2, -0.15) is 9.41 Å². The molecule has 1 aliphatic rings. The second kappa shape index (κ2) is 10.6. The van der Waals surface area contributed by atoms with Crippen LogP contribution in [0.5, 0.6) is 11.5 Å². The maximum atomic E-state index is 12.8. The molecule has 0 aliphatic carbocycles. The van der Waals surface area contributed by atoms with E-state index in [0.29, 0.717) is 38.3 Å². The molecule has 0 spiro atoms. The number of hydrogen-bond donors (Lipinski definition) is 2. The molecule has 0 atom stereocenters. The van der Waals surface area contributed by atoms with Crippen LogP contribution in [-0.4, -0.2) is 64.2 Å². The Hall–Kier alpha value is -2.95. The van der Waals surface area contributed by atoms with E-state index < -0.39 is 10.0 Å². The van der Waals surface area contributed by atoms with Gasteiger partial charge < -0.3 is 14.7 Å². The maximum absolute atomic E-state index is 12.8. The van der Waals surface area contributed by atoms with Crippen molar-refractivity contribution in [3.05, 3.63) is 53.6 Å². The number of carbonyl (C=O) groups is 1. The van der Waals surface area contributed by atoms with Crippen LogP contribution in [0.2, 0.25) is 0 Å². The van der Waals surface area contributed by atoms with E-state index in [2.05, 4.69) is 10.5 Å². The molecule has 10 heteroatoms. The van der Waals surface area contributed by atoms with Crippen molar-refractivity contribution in [3.63, 3.8) is 0 Å². The summed E-state index contributed by atoms with van der Waals surface area (Å²) < 4.78 is 32.3. The van der Waals surface area contributed by atoms with Gasteiger partial charge in [-0.25, -0.2) is 13.8 Å². The zero-order valence-corrected chi connectivity index (χ0v) is 19.0. The smallest absolute Gasteiger partial charge is 0.295 e. The van der Waals surface area contributed by atoms with Crippen molar-refractivity contribution in [1.82, 2.24) is 9.73 Å². The zero-order chi connectivity index (χ0) is 23.1. The second-order valence-electron chi connectivity index (χ2n) is 7.54. The van der Waals surface area contributed by atoms with Gasteiger partial charge in [0.25, 0.3) is 5.91 Å². The van der Waals surface area contributed by atoms with Crippen LogP contribution in [-0.2, 0) is 14.8 Å². The summed E-state index contributed by atoms with van der Waals surface area (Å²) in [4.78, 5) is 13.5. The monoisotopic (exact) mass is 460 g/mol.